The number of hydrogen-bond acceptors (Lipinski definition) is 3. The van der Waals surface area contributed by atoms with Crippen LogP contribution >= 0.6 is 0 Å². The molecular weight excluding hydrogens is 520 g/mol. The van der Waals surface area contributed by atoms with Crippen molar-refractivity contribution in [2.45, 2.75) is 42.5 Å². The minimum absolute atomic E-state index is 0.0848. The molecule has 1 aromatic rings. The quantitative estimate of drug-likeness (QED) is 0.296. The molecule has 0 unspecified atom stereocenters. The fraction of sp³-hybridized carbons (Fsp3) is 0.500. The Kier molecular flexibility index (Phi) is 7.81. The monoisotopic (exact) mass is 529 g/mol. The molecule has 1 rings (SSSR count). The van der Waals surface area contributed by atoms with Crippen molar-refractivity contribution in [3.63, 3.8) is 0 Å². The molecule has 0 heterocycles. The number of carbonyl (C=O) groups is 2. The number of rotatable bonds is 8. The van der Waals surface area contributed by atoms with E-state index in [1.165, 1.54) is 0 Å². The highest BCUT2D eigenvalue weighted by Gasteiger charge is 2.77. The predicted octanol–water partition coefficient (Wildman–Crippen LogP) is 4.92. The molecule has 0 atom stereocenters. The maximum atomic E-state index is 13.2. The molecule has 4 nitrogen and oxygen atoms in total. The molecule has 0 saturated carbocycles. The van der Waals surface area contributed by atoms with Crippen molar-refractivity contribution >= 4 is 11.9 Å². The van der Waals surface area contributed by atoms with Crippen LogP contribution in [0.25, 0.3) is 0 Å². The molecule has 0 aromatic heterocycles. The summed E-state index contributed by atoms with van der Waals surface area (Å²) in [5, 5.41) is 1.10. The Morgan fingerprint density at radius 1 is 0.676 bits per heavy atom. The molecule has 0 aliphatic rings. The Bertz CT molecular complexity index is 890. The topological polar surface area (TPSA) is 55.4 Å². The minimum atomic E-state index is -6.80. The van der Waals surface area contributed by atoms with E-state index in [4.69, 9.17) is 0 Å². The first-order chi connectivity index (χ1) is 15.0. The third-order valence-corrected chi connectivity index (χ3v) is 3.88. The molecule has 1 aromatic carbocycles. The van der Waals surface area contributed by atoms with E-state index in [0.717, 1.165) is 17.4 Å². The summed E-state index contributed by atoms with van der Waals surface area (Å²) in [4.78, 5) is 22.2. The van der Waals surface area contributed by atoms with Gasteiger partial charge in [0.25, 0.3) is 5.91 Å². The van der Waals surface area contributed by atoms with Crippen LogP contribution in [0.2, 0.25) is 0 Å². The molecule has 1 N–H and O–H groups in total. The van der Waals surface area contributed by atoms with Crippen LogP contribution in [-0.2, 0) is 16.0 Å². The van der Waals surface area contributed by atoms with Crippen molar-refractivity contribution in [1.82, 2.24) is 5.32 Å². The molecule has 0 aliphatic carbocycles. The third kappa shape index (κ3) is 5.45. The predicted molar refractivity (Wildman–Crippen MR) is 80.7 cm³/mol. The highest BCUT2D eigenvalue weighted by Crippen LogP contribution is 2.47. The molecule has 0 saturated heterocycles. The lowest BCUT2D eigenvalue weighted by molar-refractivity contribution is -0.346. The Labute approximate surface area is 178 Å². The average Bonchev–Trinajstić information content (AvgIpc) is 2.67. The van der Waals surface area contributed by atoms with Gasteiger partial charge in [0.05, 0.1) is 0 Å². The van der Waals surface area contributed by atoms with Gasteiger partial charge in [-0.2, -0.15) is 61.5 Å². The lowest BCUT2D eigenvalue weighted by Crippen LogP contribution is -2.59. The highest BCUT2D eigenvalue weighted by molar-refractivity contribution is 5.84. The second-order valence-corrected chi connectivity index (χ2v) is 6.33. The molecule has 34 heavy (non-hydrogen) atoms. The van der Waals surface area contributed by atoms with Crippen molar-refractivity contribution < 1.29 is 75.8 Å². The van der Waals surface area contributed by atoms with Gasteiger partial charge in [-0.3, -0.25) is 4.79 Å². The number of benzene rings is 1. The first-order valence-electron chi connectivity index (χ1n) is 8.24. The SMILES string of the molecule is O=C(NCCc1ccc(OC(=O)C(F)(F)C(F)(F)C(F)(F)F)cc1)C(F)(F)C(F)(F)C(F)(F)F. The fourth-order valence-electron chi connectivity index (χ4n) is 1.95. The van der Waals surface area contributed by atoms with Crippen molar-refractivity contribution in [1.29, 1.82) is 0 Å². The summed E-state index contributed by atoms with van der Waals surface area (Å²) in [5.74, 6) is -33.2. The van der Waals surface area contributed by atoms with Crippen LogP contribution in [0.1, 0.15) is 5.56 Å². The second-order valence-electron chi connectivity index (χ2n) is 6.33. The van der Waals surface area contributed by atoms with Gasteiger partial charge in [0.2, 0.25) is 0 Å². The largest absolute Gasteiger partial charge is 0.460 e. The molecule has 0 bridgehead atoms. The van der Waals surface area contributed by atoms with Gasteiger partial charge in [0.15, 0.2) is 0 Å². The highest BCUT2D eigenvalue weighted by atomic mass is 19.4. The van der Waals surface area contributed by atoms with E-state index < -0.39 is 66.6 Å². The summed E-state index contributed by atoms with van der Waals surface area (Å²) in [6, 6.07) is 2.70. The number of amides is 1. The molecule has 18 heteroatoms. The Morgan fingerprint density at radius 2 is 1.09 bits per heavy atom. The van der Waals surface area contributed by atoms with Gasteiger partial charge in [-0.1, -0.05) is 12.1 Å². The first-order valence-corrected chi connectivity index (χ1v) is 8.24. The average molecular weight is 529 g/mol. The van der Waals surface area contributed by atoms with Crippen molar-refractivity contribution in [2.75, 3.05) is 6.54 Å². The normalized spacial score (nSPS) is 14.1. The van der Waals surface area contributed by atoms with Crippen LogP contribution in [-0.4, -0.2) is 54.5 Å². The summed E-state index contributed by atoms with van der Waals surface area (Å²) < 4.78 is 180. The lowest BCUT2D eigenvalue weighted by atomic mass is 10.1. The van der Waals surface area contributed by atoms with Crippen LogP contribution < -0.4 is 10.1 Å². The number of ether oxygens (including phenoxy) is 1. The maximum absolute atomic E-state index is 13.2. The number of nitrogens with one attached hydrogen (secondary N) is 1. The zero-order chi connectivity index (χ0) is 27.0. The number of esters is 1. The Hall–Kier alpha value is -2.82. The first kappa shape index (κ1) is 29.2. The van der Waals surface area contributed by atoms with E-state index >= 15 is 0 Å². The van der Waals surface area contributed by atoms with Crippen LogP contribution in [0, 0.1) is 0 Å². The van der Waals surface area contributed by atoms with Gasteiger partial charge in [-0.05, 0) is 24.1 Å². The van der Waals surface area contributed by atoms with Crippen LogP contribution in [0.3, 0.4) is 0 Å². The van der Waals surface area contributed by atoms with E-state index in [1.807, 2.05) is 0 Å². The van der Waals surface area contributed by atoms with Gasteiger partial charge in [-0.25, -0.2) is 4.79 Å². The zero-order valence-corrected chi connectivity index (χ0v) is 15.7. The molecule has 0 radical (unpaired) electrons. The molecule has 0 spiro atoms. The standard InChI is InChI=1S/C16H9F14NO3/c17-11(18,13(21,22)15(25,26)27)9(32)31-6-5-7-1-3-8(4-2-7)34-10(33)12(19,20)14(23,24)16(28,29)30/h1-4H,5-6H2,(H,31,32). The maximum Gasteiger partial charge on any atom is 0.460 e. The zero-order valence-electron chi connectivity index (χ0n) is 15.7. The molecular formula is C16H9F14NO3. The smallest absolute Gasteiger partial charge is 0.422 e. The van der Waals surface area contributed by atoms with Crippen LogP contribution in [0.4, 0.5) is 61.5 Å². The van der Waals surface area contributed by atoms with E-state index in [1.54, 1.807) is 0 Å². The summed E-state index contributed by atoms with van der Waals surface area (Å²) in [7, 11) is 0. The molecule has 1 amide bonds. The Balaban J connectivity index is 2.77. The summed E-state index contributed by atoms with van der Waals surface area (Å²) in [5.41, 5.74) is -0.0848. The third-order valence-electron chi connectivity index (χ3n) is 3.88. The number of hydrogen-bond donors (Lipinski definition) is 1. The lowest BCUT2D eigenvalue weighted by Gasteiger charge is -2.27. The van der Waals surface area contributed by atoms with Gasteiger partial charge in [-0.15, -0.1) is 0 Å². The van der Waals surface area contributed by atoms with Gasteiger partial charge in [0, 0.05) is 6.54 Å². The second kappa shape index (κ2) is 9.09. The van der Waals surface area contributed by atoms with E-state index in [-0.39, 0.29) is 5.56 Å². The van der Waals surface area contributed by atoms with Crippen molar-refractivity contribution in [3.8, 4) is 5.75 Å². The summed E-state index contributed by atoms with van der Waals surface area (Å²) in [6.07, 6.45) is -14.1. The van der Waals surface area contributed by atoms with Gasteiger partial charge in [0.1, 0.15) is 5.75 Å². The number of alkyl halides is 14. The van der Waals surface area contributed by atoms with Crippen LogP contribution in [0.5, 0.6) is 5.75 Å². The number of carbonyl (C=O) groups excluding carboxylic acids is 2. The molecule has 0 aliphatic heterocycles. The Morgan fingerprint density at radius 3 is 1.50 bits per heavy atom. The van der Waals surface area contributed by atoms with Crippen LogP contribution in [0.15, 0.2) is 24.3 Å². The molecule has 194 valence electrons. The van der Waals surface area contributed by atoms with Crippen molar-refractivity contribution in [2.24, 2.45) is 0 Å². The van der Waals surface area contributed by atoms with Gasteiger partial charge >= 0.3 is 42.0 Å². The fourth-order valence-corrected chi connectivity index (χ4v) is 1.95. The summed E-state index contributed by atoms with van der Waals surface area (Å²) in [6.45, 7) is -0.961. The van der Waals surface area contributed by atoms with E-state index in [9.17, 15) is 71.1 Å². The van der Waals surface area contributed by atoms with E-state index in [0.29, 0.717) is 12.1 Å². The molecule has 0 fully saturated rings. The summed E-state index contributed by atoms with van der Waals surface area (Å²) >= 11 is 0. The minimum Gasteiger partial charge on any atom is -0.422 e. The van der Waals surface area contributed by atoms with Gasteiger partial charge < -0.3 is 10.1 Å². The van der Waals surface area contributed by atoms with E-state index in [2.05, 4.69) is 4.74 Å². The number of halogens is 14. The van der Waals surface area contributed by atoms with Crippen molar-refractivity contribution in [3.05, 3.63) is 29.8 Å².